The minimum Gasteiger partial charge on any atom is -0.378 e. The molecule has 0 saturated carbocycles. The van der Waals surface area contributed by atoms with E-state index in [2.05, 4.69) is 57.4 Å². The molecule has 21 heavy (non-hydrogen) atoms. The molecule has 0 spiro atoms. The van der Waals surface area contributed by atoms with E-state index in [0.717, 1.165) is 18.8 Å². The maximum absolute atomic E-state index is 5.34. The number of ether oxygens (including phenoxy) is 1. The molecule has 0 bridgehead atoms. The Hall–Kier alpha value is -2.21. The summed E-state index contributed by atoms with van der Waals surface area (Å²) in [6.07, 6.45) is 1.64. The molecule has 0 amide bonds. The number of anilines is 3. The number of rotatable bonds is 3. The third-order valence-electron chi connectivity index (χ3n) is 3.49. The van der Waals surface area contributed by atoms with Gasteiger partial charge in [0.15, 0.2) is 5.82 Å². The number of nitrogens with one attached hydrogen (secondary N) is 1. The number of hydrogen-bond acceptors (Lipinski definition) is 6. The lowest BCUT2D eigenvalue weighted by Crippen LogP contribution is -2.37. The summed E-state index contributed by atoms with van der Waals surface area (Å²) >= 11 is 0. The molecule has 0 unspecified atom stereocenters. The van der Waals surface area contributed by atoms with Gasteiger partial charge in [0.05, 0.1) is 19.4 Å². The fraction of sp³-hybridized carbons (Fsp3) is 0.400. The lowest BCUT2D eigenvalue weighted by molar-refractivity contribution is 0.122. The van der Waals surface area contributed by atoms with E-state index < -0.39 is 0 Å². The second-order valence-electron chi connectivity index (χ2n) is 5.18. The predicted octanol–water partition coefficient (Wildman–Crippen LogP) is 2.07. The van der Waals surface area contributed by atoms with Crippen molar-refractivity contribution in [2.45, 2.75) is 13.8 Å². The molecule has 2 heterocycles. The maximum atomic E-state index is 5.34. The second kappa shape index (κ2) is 6.05. The summed E-state index contributed by atoms with van der Waals surface area (Å²) in [6.45, 7) is 7.17. The van der Waals surface area contributed by atoms with Crippen molar-refractivity contribution < 1.29 is 4.74 Å². The zero-order chi connectivity index (χ0) is 14.7. The monoisotopic (exact) mass is 285 g/mol. The van der Waals surface area contributed by atoms with Crippen LogP contribution >= 0.6 is 0 Å². The highest BCUT2D eigenvalue weighted by Gasteiger charge is 2.14. The molecule has 1 aromatic carbocycles. The van der Waals surface area contributed by atoms with E-state index in [1.165, 1.54) is 11.1 Å². The van der Waals surface area contributed by atoms with E-state index >= 15 is 0 Å². The summed E-state index contributed by atoms with van der Waals surface area (Å²) in [4.78, 5) is 6.63. The molecule has 6 nitrogen and oxygen atoms in total. The minimum atomic E-state index is 0.646. The first-order valence-electron chi connectivity index (χ1n) is 7.09. The van der Waals surface area contributed by atoms with Crippen LogP contribution in [0.25, 0.3) is 0 Å². The van der Waals surface area contributed by atoms with Crippen molar-refractivity contribution in [1.82, 2.24) is 15.2 Å². The molecular weight excluding hydrogens is 266 g/mol. The minimum absolute atomic E-state index is 0.646. The highest BCUT2D eigenvalue weighted by molar-refractivity contribution is 5.60. The summed E-state index contributed by atoms with van der Waals surface area (Å²) < 4.78 is 5.34. The average molecular weight is 285 g/mol. The molecule has 1 saturated heterocycles. The molecule has 1 aromatic heterocycles. The van der Waals surface area contributed by atoms with Gasteiger partial charge >= 0.3 is 0 Å². The van der Waals surface area contributed by atoms with Crippen LogP contribution in [-0.2, 0) is 4.74 Å². The van der Waals surface area contributed by atoms with Gasteiger partial charge in [0.2, 0.25) is 5.95 Å². The first-order chi connectivity index (χ1) is 10.2. The summed E-state index contributed by atoms with van der Waals surface area (Å²) in [5.41, 5.74) is 3.46. The smallest absolute Gasteiger partial charge is 0.247 e. The van der Waals surface area contributed by atoms with Crippen molar-refractivity contribution >= 4 is 17.5 Å². The third kappa shape index (κ3) is 3.28. The number of nitrogens with zero attached hydrogens (tertiary/aromatic N) is 4. The molecule has 0 atom stereocenters. The van der Waals surface area contributed by atoms with Crippen LogP contribution in [0, 0.1) is 13.8 Å². The number of aryl methyl sites for hydroxylation is 2. The van der Waals surface area contributed by atoms with Gasteiger partial charge in [0.25, 0.3) is 0 Å². The van der Waals surface area contributed by atoms with E-state index in [0.29, 0.717) is 25.0 Å². The Labute approximate surface area is 124 Å². The third-order valence-corrected chi connectivity index (χ3v) is 3.49. The van der Waals surface area contributed by atoms with Gasteiger partial charge in [-0.1, -0.05) is 17.7 Å². The van der Waals surface area contributed by atoms with Gasteiger partial charge < -0.3 is 15.0 Å². The number of aromatic nitrogens is 3. The molecule has 0 radical (unpaired) electrons. The largest absolute Gasteiger partial charge is 0.378 e. The molecule has 1 fully saturated rings. The molecule has 110 valence electrons. The van der Waals surface area contributed by atoms with Crippen LogP contribution in [-0.4, -0.2) is 41.5 Å². The maximum Gasteiger partial charge on any atom is 0.247 e. The van der Waals surface area contributed by atoms with Crippen molar-refractivity contribution in [3.05, 3.63) is 35.5 Å². The standard InChI is InChI=1S/C15H19N5O/c1-11-3-4-13(12(2)9-11)17-14-10-16-19-15(18-14)20-5-7-21-8-6-20/h3-4,9-10H,5-8H2,1-2H3,(H,17,18,19). The van der Waals surface area contributed by atoms with Gasteiger partial charge in [-0.2, -0.15) is 10.1 Å². The number of benzene rings is 1. The Morgan fingerprint density at radius 1 is 1.19 bits per heavy atom. The van der Waals surface area contributed by atoms with Gasteiger partial charge in [-0.05, 0) is 25.5 Å². The van der Waals surface area contributed by atoms with Gasteiger partial charge in [-0.3, -0.25) is 0 Å². The zero-order valence-electron chi connectivity index (χ0n) is 12.3. The van der Waals surface area contributed by atoms with Crippen LogP contribution in [0.5, 0.6) is 0 Å². The lowest BCUT2D eigenvalue weighted by atomic mass is 10.1. The van der Waals surface area contributed by atoms with Crippen LogP contribution in [0.15, 0.2) is 24.4 Å². The zero-order valence-corrected chi connectivity index (χ0v) is 12.3. The predicted molar refractivity (Wildman–Crippen MR) is 82.1 cm³/mol. The topological polar surface area (TPSA) is 63.2 Å². The lowest BCUT2D eigenvalue weighted by Gasteiger charge is -2.26. The highest BCUT2D eigenvalue weighted by atomic mass is 16.5. The molecule has 1 aliphatic rings. The van der Waals surface area contributed by atoms with Gasteiger partial charge in [0, 0.05) is 18.8 Å². The van der Waals surface area contributed by atoms with Crippen LogP contribution in [0.3, 0.4) is 0 Å². The molecule has 2 aromatic rings. The van der Waals surface area contributed by atoms with Gasteiger partial charge in [-0.15, -0.1) is 5.10 Å². The van der Waals surface area contributed by atoms with E-state index in [1.807, 2.05) is 0 Å². The summed E-state index contributed by atoms with van der Waals surface area (Å²) in [7, 11) is 0. The average Bonchev–Trinajstić information content (AvgIpc) is 2.51. The molecular formula is C15H19N5O. The first-order valence-corrected chi connectivity index (χ1v) is 7.09. The first kappa shape index (κ1) is 13.8. The SMILES string of the molecule is Cc1ccc(Nc2cnnc(N3CCOCC3)n2)c(C)c1. The van der Waals surface area contributed by atoms with Crippen molar-refractivity contribution in [2.24, 2.45) is 0 Å². The number of hydrogen-bond donors (Lipinski definition) is 1. The molecule has 0 aliphatic carbocycles. The van der Waals surface area contributed by atoms with E-state index in [1.54, 1.807) is 6.20 Å². The molecule has 1 N–H and O–H groups in total. The molecule has 6 heteroatoms. The van der Waals surface area contributed by atoms with Crippen molar-refractivity contribution in [3.8, 4) is 0 Å². The Balaban J connectivity index is 1.79. The van der Waals surface area contributed by atoms with Crippen LogP contribution < -0.4 is 10.2 Å². The quantitative estimate of drug-likeness (QED) is 0.931. The van der Waals surface area contributed by atoms with Crippen molar-refractivity contribution in [3.63, 3.8) is 0 Å². The van der Waals surface area contributed by atoms with E-state index in [4.69, 9.17) is 4.74 Å². The fourth-order valence-electron chi connectivity index (χ4n) is 2.34. The Bertz CT molecular complexity index is 625. The van der Waals surface area contributed by atoms with Crippen molar-refractivity contribution in [1.29, 1.82) is 0 Å². The Kier molecular flexibility index (Phi) is 3.96. The summed E-state index contributed by atoms with van der Waals surface area (Å²) in [6, 6.07) is 6.27. The van der Waals surface area contributed by atoms with Crippen molar-refractivity contribution in [2.75, 3.05) is 36.5 Å². The van der Waals surface area contributed by atoms with Gasteiger partial charge in [0.1, 0.15) is 0 Å². The molecule has 1 aliphatic heterocycles. The molecule has 3 rings (SSSR count). The summed E-state index contributed by atoms with van der Waals surface area (Å²) in [5.74, 6) is 1.35. The normalized spacial score (nSPS) is 15.0. The fourth-order valence-corrected chi connectivity index (χ4v) is 2.34. The van der Waals surface area contributed by atoms with Crippen LogP contribution in [0.2, 0.25) is 0 Å². The van der Waals surface area contributed by atoms with E-state index in [-0.39, 0.29) is 0 Å². The van der Waals surface area contributed by atoms with Crippen LogP contribution in [0.1, 0.15) is 11.1 Å². The summed E-state index contributed by atoms with van der Waals surface area (Å²) in [5, 5.41) is 11.5. The van der Waals surface area contributed by atoms with Crippen LogP contribution in [0.4, 0.5) is 17.5 Å². The Morgan fingerprint density at radius 3 is 2.76 bits per heavy atom. The Morgan fingerprint density at radius 2 is 2.00 bits per heavy atom. The van der Waals surface area contributed by atoms with E-state index in [9.17, 15) is 0 Å². The highest BCUT2D eigenvalue weighted by Crippen LogP contribution is 2.20. The number of morpholine rings is 1. The van der Waals surface area contributed by atoms with Gasteiger partial charge in [-0.25, -0.2) is 0 Å². The second-order valence-corrected chi connectivity index (χ2v) is 5.18.